The Kier molecular flexibility index (Phi) is 3.55. The van der Waals surface area contributed by atoms with Gasteiger partial charge < -0.3 is 0 Å². The molecule has 0 saturated carbocycles. The first kappa shape index (κ1) is 15.8. The van der Waals surface area contributed by atoms with Gasteiger partial charge in [0.05, 0.1) is 5.39 Å². The van der Waals surface area contributed by atoms with E-state index in [9.17, 15) is 4.39 Å². The van der Waals surface area contributed by atoms with Crippen molar-refractivity contribution in [2.24, 2.45) is 0 Å². The van der Waals surface area contributed by atoms with Crippen LogP contribution >= 0.6 is 11.3 Å². The van der Waals surface area contributed by atoms with E-state index in [4.69, 9.17) is 4.98 Å². The summed E-state index contributed by atoms with van der Waals surface area (Å²) in [4.78, 5) is 14.3. The van der Waals surface area contributed by atoms with Crippen molar-refractivity contribution in [3.8, 4) is 11.4 Å². The Morgan fingerprint density at radius 2 is 2.00 bits per heavy atom. The quantitative estimate of drug-likeness (QED) is 0.539. The van der Waals surface area contributed by atoms with E-state index in [-0.39, 0.29) is 5.82 Å². The number of fused-ring (bicyclic) bond motifs is 5. The summed E-state index contributed by atoms with van der Waals surface area (Å²) in [7, 11) is 0. The SMILES string of the molecule is CC(C)N1CCc2c(sc3ncn4nc(-c5ccc(F)cc5)nc4c23)C1. The summed E-state index contributed by atoms with van der Waals surface area (Å²) < 4.78 is 14.9. The van der Waals surface area contributed by atoms with E-state index < -0.39 is 0 Å². The molecule has 26 heavy (non-hydrogen) atoms. The van der Waals surface area contributed by atoms with E-state index in [0.29, 0.717) is 11.9 Å². The molecule has 4 aromatic rings. The molecular formula is C19H18FN5S. The topological polar surface area (TPSA) is 46.3 Å². The Labute approximate surface area is 154 Å². The summed E-state index contributed by atoms with van der Waals surface area (Å²) in [5.74, 6) is 0.335. The van der Waals surface area contributed by atoms with Crippen LogP contribution in [0.5, 0.6) is 0 Å². The number of aromatic nitrogens is 4. The monoisotopic (exact) mass is 367 g/mol. The molecule has 1 aromatic carbocycles. The van der Waals surface area contributed by atoms with Crippen molar-refractivity contribution in [3.05, 3.63) is 46.9 Å². The van der Waals surface area contributed by atoms with Crippen LogP contribution in [0.1, 0.15) is 24.3 Å². The molecule has 5 rings (SSSR count). The van der Waals surface area contributed by atoms with E-state index >= 15 is 0 Å². The third-order valence-electron chi connectivity index (χ3n) is 5.04. The lowest BCUT2D eigenvalue weighted by atomic mass is 10.0. The van der Waals surface area contributed by atoms with Crippen LogP contribution in [-0.4, -0.2) is 37.1 Å². The average Bonchev–Trinajstić information content (AvgIpc) is 3.22. The number of halogens is 1. The van der Waals surface area contributed by atoms with Crippen molar-refractivity contribution in [3.63, 3.8) is 0 Å². The maximum atomic E-state index is 13.2. The summed E-state index contributed by atoms with van der Waals surface area (Å²) in [5, 5.41) is 5.67. The van der Waals surface area contributed by atoms with Gasteiger partial charge in [0.1, 0.15) is 17.0 Å². The minimum atomic E-state index is -0.261. The zero-order chi connectivity index (χ0) is 17.8. The molecule has 7 heteroatoms. The largest absolute Gasteiger partial charge is 0.296 e. The van der Waals surface area contributed by atoms with Gasteiger partial charge in [0.25, 0.3) is 0 Å². The lowest BCUT2D eigenvalue weighted by Crippen LogP contribution is -2.35. The van der Waals surface area contributed by atoms with Gasteiger partial charge in [-0.05, 0) is 50.1 Å². The normalized spacial score (nSPS) is 15.2. The van der Waals surface area contributed by atoms with Crippen LogP contribution in [0.4, 0.5) is 4.39 Å². The highest BCUT2D eigenvalue weighted by atomic mass is 32.1. The second kappa shape index (κ2) is 5.82. The molecule has 0 atom stereocenters. The molecule has 3 aromatic heterocycles. The van der Waals surface area contributed by atoms with Crippen molar-refractivity contribution in [2.75, 3.05) is 6.54 Å². The van der Waals surface area contributed by atoms with Gasteiger partial charge in [-0.3, -0.25) is 4.90 Å². The van der Waals surface area contributed by atoms with E-state index in [1.165, 1.54) is 22.6 Å². The van der Waals surface area contributed by atoms with Crippen LogP contribution in [0.15, 0.2) is 30.6 Å². The zero-order valence-corrected chi connectivity index (χ0v) is 15.4. The lowest BCUT2D eigenvalue weighted by Gasteiger charge is -2.30. The predicted molar refractivity (Wildman–Crippen MR) is 101 cm³/mol. The summed E-state index contributed by atoms with van der Waals surface area (Å²) in [6.45, 7) is 6.50. The third-order valence-corrected chi connectivity index (χ3v) is 6.16. The standard InChI is InChI=1S/C19H18FN5S/c1-11(2)24-8-7-14-15(9-24)26-19-16(14)18-22-17(23-25(18)10-21-19)12-3-5-13(20)6-4-12/h3-6,10-11H,7-9H2,1-2H3. The van der Waals surface area contributed by atoms with E-state index in [1.54, 1.807) is 34.3 Å². The molecule has 0 spiro atoms. The Bertz CT molecular complexity index is 1110. The second-order valence-corrected chi connectivity index (χ2v) is 8.04. The van der Waals surface area contributed by atoms with Crippen LogP contribution in [0.3, 0.4) is 0 Å². The van der Waals surface area contributed by atoms with Gasteiger partial charge >= 0.3 is 0 Å². The fraction of sp³-hybridized carbons (Fsp3) is 0.316. The molecule has 0 aliphatic carbocycles. The van der Waals surface area contributed by atoms with Crippen LogP contribution in [0.25, 0.3) is 27.3 Å². The number of hydrogen-bond donors (Lipinski definition) is 0. The van der Waals surface area contributed by atoms with Crippen molar-refractivity contribution < 1.29 is 4.39 Å². The zero-order valence-electron chi connectivity index (χ0n) is 14.6. The van der Waals surface area contributed by atoms with Crippen LogP contribution in [-0.2, 0) is 13.0 Å². The van der Waals surface area contributed by atoms with Crippen molar-refractivity contribution in [2.45, 2.75) is 32.9 Å². The highest BCUT2D eigenvalue weighted by Crippen LogP contribution is 2.36. The molecule has 0 unspecified atom stereocenters. The highest BCUT2D eigenvalue weighted by Gasteiger charge is 2.25. The van der Waals surface area contributed by atoms with Crippen LogP contribution < -0.4 is 0 Å². The molecule has 0 amide bonds. The van der Waals surface area contributed by atoms with E-state index in [1.807, 2.05) is 0 Å². The first-order valence-corrected chi connectivity index (χ1v) is 9.57. The summed E-state index contributed by atoms with van der Waals surface area (Å²) in [6.07, 6.45) is 2.73. The molecule has 5 nitrogen and oxygen atoms in total. The molecule has 0 bridgehead atoms. The molecule has 1 aliphatic heterocycles. The van der Waals surface area contributed by atoms with Crippen molar-refractivity contribution >= 4 is 27.2 Å². The number of nitrogens with zero attached hydrogens (tertiary/aromatic N) is 5. The summed E-state index contributed by atoms with van der Waals surface area (Å²) >= 11 is 1.76. The van der Waals surface area contributed by atoms with E-state index in [0.717, 1.165) is 40.9 Å². The van der Waals surface area contributed by atoms with E-state index in [2.05, 4.69) is 28.8 Å². The maximum absolute atomic E-state index is 13.2. The fourth-order valence-electron chi connectivity index (χ4n) is 3.57. The Hall–Kier alpha value is -2.38. The maximum Gasteiger partial charge on any atom is 0.182 e. The van der Waals surface area contributed by atoms with Crippen LogP contribution in [0, 0.1) is 5.82 Å². The molecule has 0 fully saturated rings. The number of thiophene rings is 1. The van der Waals surface area contributed by atoms with Gasteiger partial charge in [0.2, 0.25) is 0 Å². The third kappa shape index (κ3) is 2.42. The molecule has 4 heterocycles. The second-order valence-electron chi connectivity index (χ2n) is 6.95. The summed E-state index contributed by atoms with van der Waals surface area (Å²) in [5.41, 5.74) is 3.00. The van der Waals surface area contributed by atoms with Crippen molar-refractivity contribution in [1.29, 1.82) is 0 Å². The molecule has 0 radical (unpaired) electrons. The van der Waals surface area contributed by atoms with Gasteiger partial charge in [-0.15, -0.1) is 16.4 Å². The Morgan fingerprint density at radius 1 is 1.19 bits per heavy atom. The molecular weight excluding hydrogens is 349 g/mol. The van der Waals surface area contributed by atoms with Gasteiger partial charge in [0.15, 0.2) is 11.5 Å². The molecule has 0 saturated heterocycles. The number of rotatable bonds is 2. The number of hydrogen-bond acceptors (Lipinski definition) is 5. The number of benzene rings is 1. The van der Waals surface area contributed by atoms with Gasteiger partial charge in [0, 0.05) is 29.6 Å². The fourth-order valence-corrected chi connectivity index (χ4v) is 4.78. The van der Waals surface area contributed by atoms with Gasteiger partial charge in [-0.1, -0.05) is 0 Å². The average molecular weight is 367 g/mol. The molecule has 1 aliphatic rings. The van der Waals surface area contributed by atoms with Gasteiger partial charge in [-0.2, -0.15) is 0 Å². The Morgan fingerprint density at radius 3 is 2.77 bits per heavy atom. The predicted octanol–water partition coefficient (Wildman–Crippen LogP) is 3.91. The lowest BCUT2D eigenvalue weighted by molar-refractivity contribution is 0.206. The van der Waals surface area contributed by atoms with Gasteiger partial charge in [-0.25, -0.2) is 18.9 Å². The van der Waals surface area contributed by atoms with Crippen LogP contribution in [0.2, 0.25) is 0 Å². The first-order valence-electron chi connectivity index (χ1n) is 8.76. The molecule has 132 valence electrons. The minimum Gasteiger partial charge on any atom is -0.296 e. The molecule has 0 N–H and O–H groups in total. The van der Waals surface area contributed by atoms with Crippen molar-refractivity contribution in [1.82, 2.24) is 24.5 Å². The highest BCUT2D eigenvalue weighted by molar-refractivity contribution is 7.19. The Balaban J connectivity index is 1.67. The smallest absolute Gasteiger partial charge is 0.182 e. The minimum absolute atomic E-state index is 0.261. The summed E-state index contributed by atoms with van der Waals surface area (Å²) in [6, 6.07) is 6.82. The first-order chi connectivity index (χ1) is 12.6.